The first-order valence-corrected chi connectivity index (χ1v) is 16.5. The van der Waals surface area contributed by atoms with Crippen LogP contribution >= 0.6 is 31.9 Å². The van der Waals surface area contributed by atoms with Crippen molar-refractivity contribution in [1.29, 1.82) is 0 Å². The highest BCUT2D eigenvalue weighted by atomic mass is 79.9. The van der Waals surface area contributed by atoms with Crippen LogP contribution in [-0.4, -0.2) is 16.8 Å². The zero-order valence-corrected chi connectivity index (χ0v) is 25.6. The summed E-state index contributed by atoms with van der Waals surface area (Å²) in [5, 5.41) is 0. The molecule has 0 spiro atoms. The Labute approximate surface area is 250 Å². The van der Waals surface area contributed by atoms with E-state index in [9.17, 15) is 16.8 Å². The highest BCUT2D eigenvalue weighted by Crippen LogP contribution is 2.36. The van der Waals surface area contributed by atoms with E-state index in [0.717, 1.165) is 22.3 Å². The maximum atomic E-state index is 13.3. The number of hydrogen-bond donors (Lipinski definition) is 2. The lowest BCUT2D eigenvalue weighted by Crippen LogP contribution is -2.18. The summed E-state index contributed by atoms with van der Waals surface area (Å²) in [6.07, 6.45) is 0. The summed E-state index contributed by atoms with van der Waals surface area (Å²) in [6, 6.07) is 35.2. The average molecular weight is 698 g/mol. The zero-order valence-electron chi connectivity index (χ0n) is 20.8. The van der Waals surface area contributed by atoms with Gasteiger partial charge in [0.05, 0.1) is 21.2 Å². The van der Waals surface area contributed by atoms with E-state index in [2.05, 4.69) is 41.3 Å². The molecule has 0 amide bonds. The predicted molar refractivity (Wildman–Crippen MR) is 167 cm³/mol. The van der Waals surface area contributed by atoms with Crippen molar-refractivity contribution in [2.75, 3.05) is 9.44 Å². The molecule has 0 aliphatic carbocycles. The van der Waals surface area contributed by atoms with Gasteiger partial charge in [0.25, 0.3) is 20.0 Å². The Kier molecular flexibility index (Phi) is 8.14. The van der Waals surface area contributed by atoms with Crippen LogP contribution in [0.15, 0.2) is 140 Å². The fraction of sp³-hybridized carbons (Fsp3) is 0. The normalized spacial score (nSPS) is 11.7. The minimum absolute atomic E-state index is 0.0385. The molecule has 0 radical (unpaired) electrons. The fourth-order valence-electron chi connectivity index (χ4n) is 4.04. The molecule has 5 aromatic carbocycles. The molecular formula is C30H22Br2N2O4S2. The first-order valence-electron chi connectivity index (χ1n) is 12.0. The molecule has 0 aliphatic heterocycles. The van der Waals surface area contributed by atoms with Gasteiger partial charge in [0.2, 0.25) is 0 Å². The van der Waals surface area contributed by atoms with E-state index in [1.54, 1.807) is 24.3 Å². The van der Waals surface area contributed by atoms with Crippen molar-refractivity contribution < 1.29 is 16.8 Å². The third kappa shape index (κ3) is 6.31. The van der Waals surface area contributed by atoms with Crippen LogP contribution in [0.5, 0.6) is 0 Å². The summed E-state index contributed by atoms with van der Waals surface area (Å²) in [4.78, 5) is 0.0769. The molecule has 0 heterocycles. The van der Waals surface area contributed by atoms with E-state index in [4.69, 9.17) is 0 Å². The Bertz CT molecular complexity index is 1730. The standard InChI is InChI=1S/C30H22Br2N2O4S2/c31-27-19-29(33-39(35,36)25-15-11-23(12-16-25)21-7-3-1-4-8-21)30(20-28(27)32)34-40(37,38)26-17-13-24(14-18-26)22-9-5-2-6-10-22/h1-20,33-34H. The van der Waals surface area contributed by atoms with Crippen LogP contribution < -0.4 is 9.44 Å². The van der Waals surface area contributed by atoms with Gasteiger partial charge in [0, 0.05) is 8.95 Å². The molecule has 0 fully saturated rings. The summed E-state index contributed by atoms with van der Waals surface area (Å²) in [6.45, 7) is 0. The van der Waals surface area contributed by atoms with Gasteiger partial charge in [-0.1, -0.05) is 84.9 Å². The lowest BCUT2D eigenvalue weighted by atomic mass is 10.1. The topological polar surface area (TPSA) is 92.3 Å². The second-order valence-electron chi connectivity index (χ2n) is 8.80. The molecule has 10 heteroatoms. The molecule has 0 unspecified atom stereocenters. The lowest BCUT2D eigenvalue weighted by molar-refractivity contribution is 0.599. The molecule has 2 N–H and O–H groups in total. The molecule has 0 aromatic heterocycles. The summed E-state index contributed by atoms with van der Waals surface area (Å²) in [5.74, 6) is 0. The molecule has 5 aromatic rings. The minimum Gasteiger partial charge on any atom is -0.277 e. The van der Waals surface area contributed by atoms with Crippen LogP contribution in [0.2, 0.25) is 0 Å². The van der Waals surface area contributed by atoms with Gasteiger partial charge in [0.15, 0.2) is 0 Å². The van der Waals surface area contributed by atoms with Crippen molar-refractivity contribution in [1.82, 2.24) is 0 Å². The van der Waals surface area contributed by atoms with Crippen LogP contribution in [-0.2, 0) is 20.0 Å². The van der Waals surface area contributed by atoms with Crippen molar-refractivity contribution >= 4 is 63.3 Å². The molecule has 6 nitrogen and oxygen atoms in total. The Morgan fingerprint density at radius 2 is 0.725 bits per heavy atom. The average Bonchev–Trinajstić information content (AvgIpc) is 2.96. The van der Waals surface area contributed by atoms with Gasteiger partial charge in [0.1, 0.15) is 0 Å². The zero-order chi connectivity index (χ0) is 28.3. The molecule has 202 valence electrons. The number of anilines is 2. The highest BCUT2D eigenvalue weighted by Gasteiger charge is 2.21. The van der Waals surface area contributed by atoms with E-state index in [0.29, 0.717) is 8.95 Å². The smallest absolute Gasteiger partial charge is 0.261 e. The molecule has 5 rings (SSSR count). The Balaban J connectivity index is 1.42. The second-order valence-corrected chi connectivity index (χ2v) is 13.9. The Morgan fingerprint density at radius 1 is 0.425 bits per heavy atom. The number of rotatable bonds is 8. The van der Waals surface area contributed by atoms with Crippen LogP contribution in [0.4, 0.5) is 11.4 Å². The summed E-state index contributed by atoms with van der Waals surface area (Å²) >= 11 is 6.75. The number of halogens is 2. The third-order valence-corrected chi connectivity index (χ3v) is 10.7. The fourth-order valence-corrected chi connectivity index (χ4v) is 6.87. The molecule has 0 atom stereocenters. The summed E-state index contributed by atoms with van der Waals surface area (Å²) in [5.41, 5.74) is 3.79. The predicted octanol–water partition coefficient (Wildman–Crippen LogP) is 8.15. The SMILES string of the molecule is O=S(=O)(Nc1cc(Br)c(Br)cc1NS(=O)(=O)c1ccc(-c2ccccc2)cc1)c1ccc(-c2ccccc2)cc1. The first-order chi connectivity index (χ1) is 19.1. The highest BCUT2D eigenvalue weighted by molar-refractivity contribution is 9.13. The first kappa shape index (κ1) is 28.1. The van der Waals surface area contributed by atoms with Gasteiger partial charge in [-0.15, -0.1) is 0 Å². The summed E-state index contributed by atoms with van der Waals surface area (Å²) < 4.78 is 59.3. The Hall–Kier alpha value is -3.44. The largest absolute Gasteiger partial charge is 0.277 e. The van der Waals surface area contributed by atoms with E-state index in [1.807, 2.05) is 60.7 Å². The molecule has 40 heavy (non-hydrogen) atoms. The van der Waals surface area contributed by atoms with Crippen molar-refractivity contribution in [3.8, 4) is 22.3 Å². The summed E-state index contributed by atoms with van der Waals surface area (Å²) in [7, 11) is -8.08. The van der Waals surface area contributed by atoms with E-state index < -0.39 is 20.0 Å². The number of hydrogen-bond acceptors (Lipinski definition) is 4. The van der Waals surface area contributed by atoms with Crippen LogP contribution in [0, 0.1) is 0 Å². The van der Waals surface area contributed by atoms with Crippen LogP contribution in [0.1, 0.15) is 0 Å². The van der Waals surface area contributed by atoms with E-state index in [-0.39, 0.29) is 21.2 Å². The van der Waals surface area contributed by atoms with Gasteiger partial charge in [-0.05, 0) is 90.5 Å². The maximum Gasteiger partial charge on any atom is 0.261 e. The van der Waals surface area contributed by atoms with Crippen molar-refractivity contribution in [2.24, 2.45) is 0 Å². The van der Waals surface area contributed by atoms with E-state index in [1.165, 1.54) is 36.4 Å². The molecule has 0 saturated heterocycles. The van der Waals surface area contributed by atoms with Gasteiger partial charge in [-0.25, -0.2) is 16.8 Å². The van der Waals surface area contributed by atoms with Gasteiger partial charge in [-0.3, -0.25) is 9.44 Å². The number of sulfonamides is 2. The van der Waals surface area contributed by atoms with Gasteiger partial charge in [-0.2, -0.15) is 0 Å². The number of benzene rings is 5. The maximum absolute atomic E-state index is 13.3. The Morgan fingerprint density at radius 3 is 1.05 bits per heavy atom. The lowest BCUT2D eigenvalue weighted by Gasteiger charge is -2.16. The van der Waals surface area contributed by atoms with Gasteiger partial charge < -0.3 is 0 Å². The van der Waals surface area contributed by atoms with E-state index >= 15 is 0 Å². The second kappa shape index (κ2) is 11.6. The van der Waals surface area contributed by atoms with Crippen molar-refractivity contribution in [2.45, 2.75) is 9.79 Å². The van der Waals surface area contributed by atoms with Crippen LogP contribution in [0.25, 0.3) is 22.3 Å². The van der Waals surface area contributed by atoms with Crippen molar-refractivity contribution in [3.05, 3.63) is 130 Å². The minimum atomic E-state index is -4.04. The van der Waals surface area contributed by atoms with Crippen molar-refractivity contribution in [3.63, 3.8) is 0 Å². The monoisotopic (exact) mass is 696 g/mol. The molecule has 0 bridgehead atoms. The third-order valence-electron chi connectivity index (χ3n) is 6.09. The number of nitrogens with one attached hydrogen (secondary N) is 2. The molecule has 0 aliphatic rings. The molecule has 0 saturated carbocycles. The molecular weight excluding hydrogens is 676 g/mol. The van der Waals surface area contributed by atoms with Crippen LogP contribution in [0.3, 0.4) is 0 Å². The van der Waals surface area contributed by atoms with Gasteiger partial charge >= 0.3 is 0 Å². The quantitative estimate of drug-likeness (QED) is 0.171.